The molecular formula is C35H37FN6O2. The summed E-state index contributed by atoms with van der Waals surface area (Å²) < 4.78 is 20.9. The van der Waals surface area contributed by atoms with Gasteiger partial charge in [0.2, 0.25) is 12.5 Å². The summed E-state index contributed by atoms with van der Waals surface area (Å²) in [6.07, 6.45) is 5.39. The summed E-state index contributed by atoms with van der Waals surface area (Å²) in [6, 6.07) is 13.1. The molecule has 0 N–H and O–H groups in total. The summed E-state index contributed by atoms with van der Waals surface area (Å²) >= 11 is 0. The Morgan fingerprint density at radius 1 is 1.20 bits per heavy atom. The highest BCUT2D eigenvalue weighted by molar-refractivity contribution is 5.94. The first-order chi connectivity index (χ1) is 21.5. The zero-order valence-electron chi connectivity index (χ0n) is 24.9. The van der Waals surface area contributed by atoms with E-state index in [0.717, 1.165) is 47.6 Å². The van der Waals surface area contributed by atoms with E-state index < -0.39 is 6.17 Å². The second-order valence-corrected chi connectivity index (χ2v) is 13.3. The molecule has 44 heavy (non-hydrogen) atoms. The van der Waals surface area contributed by atoms with Crippen molar-refractivity contribution in [1.29, 1.82) is 0 Å². The molecule has 8 rings (SSSR count). The van der Waals surface area contributed by atoms with Crippen molar-refractivity contribution in [2.45, 2.75) is 55.8 Å². The molecule has 1 aromatic heterocycles. The first-order valence-corrected chi connectivity index (χ1v) is 15.9. The molecule has 1 saturated carbocycles. The molecule has 0 radical (unpaired) electrons. The SMILES string of the molecule is [C-]#[N+]C[C@H]1CN(c2nc(OCC34CCCN3C[C@H](F)C4)nc3cc(-c4cccc5c4[C@@H]4C[C@@H]4C5)ccc23)CCN1C(=O)C=C. The quantitative estimate of drug-likeness (QED) is 0.283. The smallest absolute Gasteiger partial charge is 0.319 e. The third-order valence-corrected chi connectivity index (χ3v) is 10.7. The summed E-state index contributed by atoms with van der Waals surface area (Å²) in [6.45, 7) is 14.6. The van der Waals surface area contributed by atoms with Crippen molar-refractivity contribution in [3.63, 3.8) is 0 Å². The third kappa shape index (κ3) is 4.54. The molecular weight excluding hydrogens is 555 g/mol. The molecule has 2 aliphatic carbocycles. The number of carbonyl (C=O) groups is 1. The second kappa shape index (κ2) is 10.6. The van der Waals surface area contributed by atoms with Crippen molar-refractivity contribution in [3.05, 3.63) is 71.6 Å². The molecule has 3 saturated heterocycles. The van der Waals surface area contributed by atoms with Crippen molar-refractivity contribution in [2.75, 3.05) is 50.8 Å². The van der Waals surface area contributed by atoms with Crippen molar-refractivity contribution in [2.24, 2.45) is 5.92 Å². The monoisotopic (exact) mass is 592 g/mol. The largest absolute Gasteiger partial charge is 0.461 e. The average molecular weight is 593 g/mol. The molecule has 9 heteroatoms. The van der Waals surface area contributed by atoms with Gasteiger partial charge in [0.25, 0.3) is 0 Å². The van der Waals surface area contributed by atoms with E-state index >= 15 is 0 Å². The van der Waals surface area contributed by atoms with Gasteiger partial charge in [0, 0.05) is 38.0 Å². The molecule has 1 amide bonds. The highest BCUT2D eigenvalue weighted by Gasteiger charge is 2.49. The lowest BCUT2D eigenvalue weighted by atomic mass is 9.94. The molecule has 1 unspecified atom stereocenters. The first-order valence-electron chi connectivity index (χ1n) is 15.9. The molecule has 226 valence electrons. The van der Waals surface area contributed by atoms with Crippen molar-refractivity contribution < 1.29 is 13.9 Å². The Balaban J connectivity index is 1.17. The van der Waals surface area contributed by atoms with Gasteiger partial charge in [-0.15, -0.1) is 0 Å². The van der Waals surface area contributed by atoms with E-state index in [1.165, 1.54) is 35.6 Å². The lowest BCUT2D eigenvalue weighted by Crippen LogP contribution is -2.56. The van der Waals surface area contributed by atoms with E-state index in [9.17, 15) is 9.18 Å². The van der Waals surface area contributed by atoms with E-state index in [1.54, 1.807) is 4.90 Å². The van der Waals surface area contributed by atoms with Gasteiger partial charge in [-0.1, -0.05) is 30.8 Å². The number of rotatable bonds is 7. The number of benzene rings is 2. The van der Waals surface area contributed by atoms with Crippen LogP contribution in [0.1, 0.15) is 42.7 Å². The van der Waals surface area contributed by atoms with Crippen LogP contribution >= 0.6 is 0 Å². The van der Waals surface area contributed by atoms with Crippen LogP contribution in [-0.2, 0) is 11.2 Å². The first kappa shape index (κ1) is 27.5. The number of fused-ring (bicyclic) bond motifs is 5. The summed E-state index contributed by atoms with van der Waals surface area (Å²) in [5, 5.41) is 0.911. The molecule has 3 aromatic rings. The molecule has 4 heterocycles. The van der Waals surface area contributed by atoms with Crippen LogP contribution in [0.3, 0.4) is 0 Å². The molecule has 3 aliphatic heterocycles. The van der Waals surface area contributed by atoms with Crippen LogP contribution in [0.4, 0.5) is 10.2 Å². The minimum Gasteiger partial charge on any atom is -0.461 e. The number of alkyl halides is 1. The number of ether oxygens (including phenoxy) is 1. The predicted octanol–water partition coefficient (Wildman–Crippen LogP) is 5.03. The number of halogens is 1. The van der Waals surface area contributed by atoms with Crippen LogP contribution in [0.2, 0.25) is 0 Å². The molecule has 0 spiro atoms. The van der Waals surface area contributed by atoms with Gasteiger partial charge in [0.05, 0.1) is 11.1 Å². The molecule has 5 atom stereocenters. The lowest BCUT2D eigenvalue weighted by Gasteiger charge is -2.39. The van der Waals surface area contributed by atoms with Crippen molar-refractivity contribution >= 4 is 22.6 Å². The van der Waals surface area contributed by atoms with Gasteiger partial charge in [-0.3, -0.25) is 9.69 Å². The Hall–Kier alpha value is -4.03. The minimum atomic E-state index is -0.831. The Bertz CT molecular complexity index is 1700. The van der Waals surface area contributed by atoms with E-state index in [0.29, 0.717) is 51.1 Å². The fourth-order valence-electron chi connectivity index (χ4n) is 8.52. The Morgan fingerprint density at radius 2 is 2.11 bits per heavy atom. The maximum absolute atomic E-state index is 14.5. The summed E-state index contributed by atoms with van der Waals surface area (Å²) in [5.74, 6) is 2.05. The van der Waals surface area contributed by atoms with Gasteiger partial charge in [0.1, 0.15) is 24.6 Å². The van der Waals surface area contributed by atoms with Gasteiger partial charge in [-0.2, -0.15) is 9.97 Å². The fourth-order valence-corrected chi connectivity index (χ4v) is 8.52. The van der Waals surface area contributed by atoms with Gasteiger partial charge < -0.3 is 19.4 Å². The zero-order valence-corrected chi connectivity index (χ0v) is 24.9. The highest BCUT2D eigenvalue weighted by atomic mass is 19.1. The number of hydrogen-bond donors (Lipinski definition) is 0. The Labute approximate surface area is 257 Å². The zero-order chi connectivity index (χ0) is 30.0. The van der Waals surface area contributed by atoms with Crippen LogP contribution in [-0.4, -0.2) is 89.3 Å². The number of hydrogen-bond acceptors (Lipinski definition) is 6. The van der Waals surface area contributed by atoms with Crippen LogP contribution in [0.25, 0.3) is 26.9 Å². The molecule has 8 nitrogen and oxygen atoms in total. The molecule has 5 aliphatic rings. The highest BCUT2D eigenvalue weighted by Crippen LogP contribution is 2.58. The summed E-state index contributed by atoms with van der Waals surface area (Å²) in [4.78, 5) is 32.2. The summed E-state index contributed by atoms with van der Waals surface area (Å²) in [5.41, 5.74) is 5.88. The van der Waals surface area contributed by atoms with Crippen molar-refractivity contribution in [3.8, 4) is 17.1 Å². The third-order valence-electron chi connectivity index (χ3n) is 10.7. The molecule has 2 aromatic carbocycles. The number of piperazine rings is 1. The lowest BCUT2D eigenvalue weighted by molar-refractivity contribution is -0.128. The maximum Gasteiger partial charge on any atom is 0.319 e. The Kier molecular flexibility index (Phi) is 6.60. The van der Waals surface area contributed by atoms with Crippen LogP contribution < -0.4 is 9.64 Å². The van der Waals surface area contributed by atoms with Crippen LogP contribution in [0.5, 0.6) is 6.01 Å². The standard InChI is InChI=1S/C35H37FN6O2/c1-3-31(43)42-13-12-40(20-26(42)18-37-2)33-28-9-8-22(27-7-4-6-23-14-24-15-29(24)32(23)27)16-30(28)38-34(39-33)44-21-35-10-5-11-41(35)19-25(36)17-35/h3-4,6-9,16,24-26,29H,1,5,10-15,17-21H2/t24-,25+,26-,29+,35?/m0/s1. The number of nitrogens with zero attached hydrogens (tertiary/aromatic N) is 6. The van der Waals surface area contributed by atoms with Crippen LogP contribution in [0.15, 0.2) is 49.1 Å². The normalized spacial score (nSPS) is 28.8. The maximum atomic E-state index is 14.5. The molecule has 0 bridgehead atoms. The second-order valence-electron chi connectivity index (χ2n) is 13.3. The predicted molar refractivity (Wildman–Crippen MR) is 167 cm³/mol. The van der Waals surface area contributed by atoms with Gasteiger partial charge in [-0.05, 0) is 84.5 Å². The Morgan fingerprint density at radius 3 is 2.98 bits per heavy atom. The number of carbonyl (C=O) groups excluding carboxylic acids is 1. The topological polar surface area (TPSA) is 66.2 Å². The van der Waals surface area contributed by atoms with Gasteiger partial charge >= 0.3 is 6.01 Å². The van der Waals surface area contributed by atoms with Crippen molar-refractivity contribution in [1.82, 2.24) is 19.8 Å². The van der Waals surface area contributed by atoms with E-state index in [1.807, 2.05) is 0 Å². The van der Waals surface area contributed by atoms with E-state index in [-0.39, 0.29) is 24.0 Å². The summed E-state index contributed by atoms with van der Waals surface area (Å²) in [7, 11) is 0. The number of anilines is 1. The van der Waals surface area contributed by atoms with E-state index in [2.05, 4.69) is 57.6 Å². The fraction of sp³-hybridized carbons (Fsp3) is 0.486. The molecule has 4 fully saturated rings. The average Bonchev–Trinajstić information content (AvgIpc) is 3.36. The number of amides is 1. The van der Waals surface area contributed by atoms with Gasteiger partial charge in [-0.25, -0.2) is 11.0 Å². The minimum absolute atomic E-state index is 0.157. The van der Waals surface area contributed by atoms with E-state index in [4.69, 9.17) is 21.3 Å². The van der Waals surface area contributed by atoms with Crippen LogP contribution in [0, 0.1) is 12.5 Å². The number of aromatic nitrogens is 2. The van der Waals surface area contributed by atoms with Gasteiger partial charge in [0.15, 0.2) is 0 Å².